The Morgan fingerprint density at radius 2 is 1.66 bits per heavy atom. The van der Waals surface area contributed by atoms with Gasteiger partial charge >= 0.3 is 6.18 Å². The van der Waals surface area contributed by atoms with E-state index in [9.17, 15) is 13.2 Å². The van der Waals surface area contributed by atoms with Crippen LogP contribution in [-0.4, -0.2) is 59.8 Å². The van der Waals surface area contributed by atoms with Gasteiger partial charge in [-0.05, 0) is 31.0 Å². The molecule has 0 heterocycles. The molecule has 0 aliphatic rings. The monoisotopic (exact) mass is 535 g/mol. The fourth-order valence-electron chi connectivity index (χ4n) is 2.31. The molecule has 0 bridgehead atoms. The van der Waals surface area contributed by atoms with E-state index in [2.05, 4.69) is 20.4 Å². The minimum atomic E-state index is -4.30. The van der Waals surface area contributed by atoms with Gasteiger partial charge in [0.25, 0.3) is 0 Å². The van der Waals surface area contributed by atoms with Gasteiger partial charge < -0.3 is 29.6 Å². The standard InChI is InChI=1S/C18H28F3N3O4.HI/c1-5-22-17(23-7-6-8-28-12-18(19,20)21)24-11-13-9-14(25-2)16(27-4)15(10-13)26-3;/h9-10H,5-8,11-12H2,1-4H3,(H2,22,23,24);1H. The Bertz CT molecular complexity index is 606. The van der Waals surface area contributed by atoms with Gasteiger partial charge in [0, 0.05) is 19.7 Å². The van der Waals surface area contributed by atoms with Gasteiger partial charge in [-0.1, -0.05) is 0 Å². The van der Waals surface area contributed by atoms with Crippen LogP contribution in [0.2, 0.25) is 0 Å². The summed E-state index contributed by atoms with van der Waals surface area (Å²) in [7, 11) is 4.61. The van der Waals surface area contributed by atoms with Gasteiger partial charge in [0.15, 0.2) is 17.5 Å². The van der Waals surface area contributed by atoms with Crippen LogP contribution in [0.4, 0.5) is 13.2 Å². The van der Waals surface area contributed by atoms with E-state index < -0.39 is 12.8 Å². The summed E-state index contributed by atoms with van der Waals surface area (Å²) >= 11 is 0. The third kappa shape index (κ3) is 10.6. The summed E-state index contributed by atoms with van der Waals surface area (Å²) in [6, 6.07) is 3.61. The molecule has 11 heteroatoms. The van der Waals surface area contributed by atoms with E-state index >= 15 is 0 Å². The van der Waals surface area contributed by atoms with E-state index in [1.807, 2.05) is 6.92 Å². The third-order valence-corrected chi connectivity index (χ3v) is 3.51. The van der Waals surface area contributed by atoms with E-state index in [0.717, 1.165) is 5.56 Å². The summed E-state index contributed by atoms with van der Waals surface area (Å²) in [6.07, 6.45) is -3.88. The number of nitrogens with zero attached hydrogens (tertiary/aromatic N) is 1. The quantitative estimate of drug-likeness (QED) is 0.196. The number of methoxy groups -OCH3 is 3. The van der Waals surface area contributed by atoms with Crippen LogP contribution >= 0.6 is 24.0 Å². The molecular weight excluding hydrogens is 506 g/mol. The lowest BCUT2D eigenvalue weighted by Gasteiger charge is -2.14. The normalized spacial score (nSPS) is 11.5. The summed E-state index contributed by atoms with van der Waals surface area (Å²) in [5.41, 5.74) is 0.847. The predicted octanol–water partition coefficient (Wildman–Crippen LogP) is 3.35. The Balaban J connectivity index is 0.00000784. The van der Waals surface area contributed by atoms with E-state index in [-0.39, 0.29) is 30.6 Å². The first kappa shape index (κ1) is 27.4. The number of hydrogen-bond acceptors (Lipinski definition) is 5. The van der Waals surface area contributed by atoms with Crippen molar-refractivity contribution in [3.8, 4) is 17.2 Å². The summed E-state index contributed by atoms with van der Waals surface area (Å²) in [5.74, 6) is 2.12. The van der Waals surface area contributed by atoms with E-state index in [1.165, 1.54) is 21.3 Å². The lowest BCUT2D eigenvalue weighted by molar-refractivity contribution is -0.173. The van der Waals surface area contributed by atoms with Gasteiger partial charge in [0.2, 0.25) is 5.75 Å². The molecule has 0 unspecified atom stereocenters. The highest BCUT2D eigenvalue weighted by molar-refractivity contribution is 14.0. The Hall–Kier alpha value is -1.63. The number of hydrogen-bond donors (Lipinski definition) is 2. The summed E-state index contributed by atoms with van der Waals surface area (Å²) in [6.45, 7) is 2.12. The highest BCUT2D eigenvalue weighted by Gasteiger charge is 2.27. The molecule has 1 aromatic carbocycles. The Kier molecular flexibility index (Phi) is 13.6. The van der Waals surface area contributed by atoms with Crippen molar-refractivity contribution in [2.24, 2.45) is 4.99 Å². The number of ether oxygens (including phenoxy) is 4. The second-order valence-electron chi connectivity index (χ2n) is 5.68. The SMILES string of the molecule is CCNC(=NCc1cc(OC)c(OC)c(OC)c1)NCCCOCC(F)(F)F.I. The predicted molar refractivity (Wildman–Crippen MR) is 116 cm³/mol. The molecule has 0 aliphatic heterocycles. The number of aliphatic imine (C=N–C) groups is 1. The van der Waals surface area contributed by atoms with Gasteiger partial charge in [0.1, 0.15) is 6.61 Å². The molecule has 0 radical (unpaired) electrons. The number of guanidine groups is 1. The largest absolute Gasteiger partial charge is 0.493 e. The lowest BCUT2D eigenvalue weighted by atomic mass is 10.2. The van der Waals surface area contributed by atoms with Crippen molar-refractivity contribution in [2.75, 3.05) is 47.6 Å². The number of benzene rings is 1. The lowest BCUT2D eigenvalue weighted by Crippen LogP contribution is -2.38. The second kappa shape index (κ2) is 14.4. The summed E-state index contributed by atoms with van der Waals surface area (Å²) in [4.78, 5) is 4.47. The number of halogens is 4. The first-order valence-electron chi connectivity index (χ1n) is 8.80. The zero-order valence-corrected chi connectivity index (χ0v) is 19.4. The van der Waals surface area contributed by atoms with Gasteiger partial charge in [-0.2, -0.15) is 13.2 Å². The second-order valence-corrected chi connectivity index (χ2v) is 5.68. The average molecular weight is 535 g/mol. The minimum absolute atomic E-state index is 0. The van der Waals surface area contributed by atoms with Crippen LogP contribution in [0, 0.1) is 0 Å². The van der Waals surface area contributed by atoms with Gasteiger partial charge in [-0.3, -0.25) is 0 Å². The van der Waals surface area contributed by atoms with E-state index in [4.69, 9.17) is 14.2 Å². The summed E-state index contributed by atoms with van der Waals surface area (Å²) in [5, 5.41) is 6.14. The van der Waals surface area contributed by atoms with Crippen LogP contribution in [0.25, 0.3) is 0 Å². The highest BCUT2D eigenvalue weighted by Crippen LogP contribution is 2.38. The molecule has 0 atom stereocenters. The number of nitrogens with one attached hydrogen (secondary N) is 2. The Morgan fingerprint density at radius 1 is 1.03 bits per heavy atom. The van der Waals surface area contributed by atoms with E-state index in [0.29, 0.717) is 49.3 Å². The average Bonchev–Trinajstić information content (AvgIpc) is 2.66. The first-order valence-corrected chi connectivity index (χ1v) is 8.80. The maximum atomic E-state index is 12.0. The molecule has 0 spiro atoms. The maximum Gasteiger partial charge on any atom is 0.411 e. The highest BCUT2D eigenvalue weighted by atomic mass is 127. The fraction of sp³-hybridized carbons (Fsp3) is 0.611. The number of alkyl halides is 3. The smallest absolute Gasteiger partial charge is 0.411 e. The van der Waals surface area contributed by atoms with Crippen molar-refractivity contribution in [1.82, 2.24) is 10.6 Å². The Labute approximate surface area is 186 Å². The molecule has 7 nitrogen and oxygen atoms in total. The zero-order valence-electron chi connectivity index (χ0n) is 17.0. The maximum absolute atomic E-state index is 12.0. The van der Waals surface area contributed by atoms with Crippen LogP contribution in [0.3, 0.4) is 0 Å². The first-order chi connectivity index (χ1) is 13.3. The molecule has 0 saturated carbocycles. The van der Waals surface area contributed by atoms with Crippen molar-refractivity contribution in [3.63, 3.8) is 0 Å². The van der Waals surface area contributed by atoms with E-state index in [1.54, 1.807) is 12.1 Å². The van der Waals surface area contributed by atoms with Crippen LogP contribution in [-0.2, 0) is 11.3 Å². The molecule has 0 saturated heterocycles. The minimum Gasteiger partial charge on any atom is -0.493 e. The van der Waals surface area contributed by atoms with Crippen LogP contribution in [0.1, 0.15) is 18.9 Å². The molecule has 0 aliphatic carbocycles. The Morgan fingerprint density at radius 3 is 2.14 bits per heavy atom. The molecule has 0 amide bonds. The van der Waals surface area contributed by atoms with Crippen LogP contribution < -0.4 is 24.8 Å². The summed E-state index contributed by atoms with van der Waals surface area (Å²) < 4.78 is 56.6. The molecule has 0 aromatic heterocycles. The van der Waals surface area contributed by atoms with Gasteiger partial charge in [-0.15, -0.1) is 24.0 Å². The van der Waals surface area contributed by atoms with Crippen molar-refractivity contribution >= 4 is 29.9 Å². The molecule has 29 heavy (non-hydrogen) atoms. The zero-order chi connectivity index (χ0) is 21.0. The third-order valence-electron chi connectivity index (χ3n) is 3.51. The van der Waals surface area contributed by atoms with Crippen molar-refractivity contribution in [1.29, 1.82) is 0 Å². The molecule has 0 fully saturated rings. The van der Waals surface area contributed by atoms with Gasteiger partial charge in [-0.25, -0.2) is 4.99 Å². The van der Waals surface area contributed by atoms with Crippen molar-refractivity contribution in [3.05, 3.63) is 17.7 Å². The molecule has 1 aromatic rings. The van der Waals surface area contributed by atoms with Crippen LogP contribution in [0.5, 0.6) is 17.2 Å². The number of rotatable bonds is 11. The van der Waals surface area contributed by atoms with Crippen LogP contribution in [0.15, 0.2) is 17.1 Å². The fourth-order valence-corrected chi connectivity index (χ4v) is 2.31. The molecule has 1 rings (SSSR count). The van der Waals surface area contributed by atoms with Crippen molar-refractivity contribution < 1.29 is 32.1 Å². The molecular formula is C18H29F3IN3O4. The molecule has 2 N–H and O–H groups in total. The molecule has 168 valence electrons. The van der Waals surface area contributed by atoms with Crippen molar-refractivity contribution in [2.45, 2.75) is 26.1 Å². The van der Waals surface area contributed by atoms with Gasteiger partial charge in [0.05, 0.1) is 27.9 Å². The topological polar surface area (TPSA) is 73.3 Å².